The topological polar surface area (TPSA) is 82.8 Å². The van der Waals surface area contributed by atoms with Gasteiger partial charge in [0.05, 0.1) is 5.56 Å². The van der Waals surface area contributed by atoms with Gasteiger partial charge in [0.15, 0.2) is 0 Å². The maximum absolute atomic E-state index is 11.2. The van der Waals surface area contributed by atoms with Gasteiger partial charge in [0.1, 0.15) is 6.54 Å². The maximum Gasteiger partial charge on any atom is 0.335 e. The van der Waals surface area contributed by atoms with Gasteiger partial charge in [0.25, 0.3) is 0 Å². The van der Waals surface area contributed by atoms with Gasteiger partial charge in [-0.05, 0) is 30.8 Å². The van der Waals surface area contributed by atoms with Crippen LogP contribution in [0.25, 0.3) is 10.9 Å². The molecule has 2 heterocycles. The summed E-state index contributed by atoms with van der Waals surface area (Å²) < 4.78 is 1.80. The van der Waals surface area contributed by atoms with Crippen LogP contribution < -0.4 is 0 Å². The highest BCUT2D eigenvalue weighted by molar-refractivity contribution is 5.96. The second kappa shape index (κ2) is 4.89. The highest BCUT2D eigenvalue weighted by Crippen LogP contribution is 2.31. The van der Waals surface area contributed by atoms with Crippen molar-refractivity contribution in [2.75, 3.05) is 13.6 Å². The van der Waals surface area contributed by atoms with Crippen LogP contribution in [0.1, 0.15) is 21.6 Å². The first-order valence-electron chi connectivity index (χ1n) is 6.75. The number of nitrogens with zero attached hydrogens (tertiary/aromatic N) is 2. The molecule has 2 N–H and O–H groups in total. The number of carboxylic acids is 2. The molecule has 0 fully saturated rings. The molecule has 0 radical (unpaired) electrons. The lowest BCUT2D eigenvalue weighted by molar-refractivity contribution is -0.137. The highest BCUT2D eigenvalue weighted by atomic mass is 16.4. The van der Waals surface area contributed by atoms with Crippen LogP contribution in [-0.4, -0.2) is 45.2 Å². The van der Waals surface area contributed by atoms with Crippen LogP contribution in [0.4, 0.5) is 0 Å². The highest BCUT2D eigenvalue weighted by Gasteiger charge is 2.23. The van der Waals surface area contributed by atoms with E-state index in [0.29, 0.717) is 6.54 Å². The van der Waals surface area contributed by atoms with Crippen molar-refractivity contribution in [3.05, 3.63) is 35.0 Å². The molecule has 0 spiro atoms. The smallest absolute Gasteiger partial charge is 0.335 e. The third-order valence-electron chi connectivity index (χ3n) is 3.99. The zero-order chi connectivity index (χ0) is 15.1. The van der Waals surface area contributed by atoms with Gasteiger partial charge in [-0.3, -0.25) is 4.79 Å². The Labute approximate surface area is 121 Å². The van der Waals surface area contributed by atoms with Crippen molar-refractivity contribution in [1.29, 1.82) is 0 Å². The first-order chi connectivity index (χ1) is 9.97. The van der Waals surface area contributed by atoms with Crippen molar-refractivity contribution in [1.82, 2.24) is 9.47 Å². The lowest BCUT2D eigenvalue weighted by Gasteiger charge is -2.23. The van der Waals surface area contributed by atoms with Gasteiger partial charge in [-0.15, -0.1) is 0 Å². The quantitative estimate of drug-likeness (QED) is 0.892. The predicted molar refractivity (Wildman–Crippen MR) is 76.6 cm³/mol. The van der Waals surface area contributed by atoms with Crippen LogP contribution in [0.2, 0.25) is 0 Å². The van der Waals surface area contributed by atoms with Gasteiger partial charge in [-0.2, -0.15) is 0 Å². The Balaban J connectivity index is 2.26. The molecule has 0 unspecified atom stereocenters. The summed E-state index contributed by atoms with van der Waals surface area (Å²) in [4.78, 5) is 24.4. The number of fused-ring (bicyclic) bond motifs is 3. The lowest BCUT2D eigenvalue weighted by atomic mass is 10.0. The second-order valence-electron chi connectivity index (χ2n) is 5.43. The van der Waals surface area contributed by atoms with Crippen LogP contribution >= 0.6 is 0 Å². The molecule has 6 nitrogen and oxygen atoms in total. The molecule has 110 valence electrons. The fourth-order valence-electron chi connectivity index (χ4n) is 3.03. The van der Waals surface area contributed by atoms with E-state index in [1.165, 1.54) is 6.07 Å². The predicted octanol–water partition coefficient (Wildman–Crippen LogP) is 1.41. The van der Waals surface area contributed by atoms with Crippen LogP contribution in [0.15, 0.2) is 18.2 Å². The van der Waals surface area contributed by atoms with E-state index in [1.807, 2.05) is 7.05 Å². The van der Waals surface area contributed by atoms with Crippen molar-refractivity contribution in [3.8, 4) is 0 Å². The van der Waals surface area contributed by atoms with Crippen molar-refractivity contribution in [2.45, 2.75) is 19.5 Å². The first-order valence-corrected chi connectivity index (χ1v) is 6.75. The number of likely N-dealkylation sites (N-methyl/N-ethyl adjacent to an activating group) is 1. The molecule has 1 aromatic carbocycles. The molecule has 0 saturated heterocycles. The summed E-state index contributed by atoms with van der Waals surface area (Å²) in [5.74, 6) is -1.86. The van der Waals surface area contributed by atoms with E-state index < -0.39 is 11.9 Å². The summed E-state index contributed by atoms with van der Waals surface area (Å²) in [5, 5.41) is 19.1. The second-order valence-corrected chi connectivity index (χ2v) is 5.43. The van der Waals surface area contributed by atoms with Crippen molar-refractivity contribution >= 4 is 22.8 Å². The number of benzene rings is 1. The molecule has 21 heavy (non-hydrogen) atoms. The molecule has 0 amide bonds. The maximum atomic E-state index is 11.2. The van der Waals surface area contributed by atoms with E-state index in [-0.39, 0.29) is 12.1 Å². The average Bonchev–Trinajstić information content (AvgIpc) is 2.71. The number of aromatic carboxylic acids is 1. The van der Waals surface area contributed by atoms with E-state index in [4.69, 9.17) is 10.2 Å². The van der Waals surface area contributed by atoms with Gasteiger partial charge in [-0.25, -0.2) is 4.79 Å². The summed E-state index contributed by atoms with van der Waals surface area (Å²) in [7, 11) is 2.00. The van der Waals surface area contributed by atoms with E-state index in [9.17, 15) is 9.59 Å². The molecule has 6 heteroatoms. The third kappa shape index (κ3) is 2.27. The first kappa shape index (κ1) is 13.6. The Morgan fingerprint density at radius 1 is 1.29 bits per heavy atom. The fraction of sp³-hybridized carbons (Fsp3) is 0.333. The molecule has 2 aromatic rings. The normalized spacial score (nSPS) is 15.1. The van der Waals surface area contributed by atoms with E-state index in [2.05, 4.69) is 4.90 Å². The molecule has 0 atom stereocenters. The Morgan fingerprint density at radius 3 is 2.71 bits per heavy atom. The van der Waals surface area contributed by atoms with Gasteiger partial charge < -0.3 is 19.7 Å². The molecule has 0 saturated carbocycles. The molecule has 3 rings (SSSR count). The molecular weight excluding hydrogens is 272 g/mol. The zero-order valence-electron chi connectivity index (χ0n) is 11.7. The fourth-order valence-corrected chi connectivity index (χ4v) is 3.03. The van der Waals surface area contributed by atoms with E-state index in [0.717, 1.165) is 35.1 Å². The Hall–Kier alpha value is -2.34. The van der Waals surface area contributed by atoms with Gasteiger partial charge >= 0.3 is 11.9 Å². The average molecular weight is 288 g/mol. The number of rotatable bonds is 3. The van der Waals surface area contributed by atoms with Gasteiger partial charge in [-0.1, -0.05) is 0 Å². The minimum Gasteiger partial charge on any atom is -0.480 e. The number of aliphatic carboxylic acids is 1. The monoisotopic (exact) mass is 288 g/mol. The summed E-state index contributed by atoms with van der Waals surface area (Å²) in [6, 6.07) is 4.88. The Bertz CT molecular complexity index is 748. The third-order valence-corrected chi connectivity index (χ3v) is 3.99. The molecule has 1 aromatic heterocycles. The van der Waals surface area contributed by atoms with E-state index >= 15 is 0 Å². The standard InChI is InChI=1S/C15H16N2O4/c1-16-5-4-13-11(7-16)10-6-9(15(20)21)2-3-12(10)17(13)8-14(18)19/h2-3,6H,4-5,7-8H2,1H3,(H,18,19)(H,20,21). The van der Waals surface area contributed by atoms with Crippen LogP contribution in [0, 0.1) is 0 Å². The molecule has 1 aliphatic rings. The molecule has 0 aliphatic carbocycles. The van der Waals surface area contributed by atoms with Gasteiger partial charge in [0, 0.05) is 36.1 Å². The minimum absolute atomic E-state index is 0.0953. The van der Waals surface area contributed by atoms with Crippen molar-refractivity contribution < 1.29 is 19.8 Å². The number of hydrogen-bond donors (Lipinski definition) is 2. The Morgan fingerprint density at radius 2 is 2.05 bits per heavy atom. The molecule has 1 aliphatic heterocycles. The summed E-state index contributed by atoms with van der Waals surface area (Å²) >= 11 is 0. The molecular formula is C15H16N2O4. The number of carboxylic acid groups (broad SMARTS) is 2. The number of hydrogen-bond acceptors (Lipinski definition) is 3. The summed E-state index contributed by atoms with van der Waals surface area (Å²) in [6.45, 7) is 1.48. The largest absolute Gasteiger partial charge is 0.480 e. The minimum atomic E-state index is -0.971. The van der Waals surface area contributed by atoms with Crippen LogP contribution in [0.5, 0.6) is 0 Å². The van der Waals surface area contributed by atoms with Crippen molar-refractivity contribution in [2.24, 2.45) is 0 Å². The van der Waals surface area contributed by atoms with Crippen LogP contribution in [0.3, 0.4) is 0 Å². The SMILES string of the molecule is CN1CCc2c(c3cc(C(=O)O)ccc3n2CC(=O)O)C1. The lowest BCUT2D eigenvalue weighted by Crippen LogP contribution is -2.27. The Kier molecular flexibility index (Phi) is 3.17. The number of carbonyl (C=O) groups is 2. The molecule has 0 bridgehead atoms. The zero-order valence-corrected chi connectivity index (χ0v) is 11.7. The van der Waals surface area contributed by atoms with Crippen molar-refractivity contribution in [3.63, 3.8) is 0 Å². The van der Waals surface area contributed by atoms with Gasteiger partial charge in [0.2, 0.25) is 0 Å². The summed E-state index contributed by atoms with van der Waals surface area (Å²) in [6.07, 6.45) is 0.774. The summed E-state index contributed by atoms with van der Waals surface area (Å²) in [5.41, 5.74) is 3.07. The number of aromatic nitrogens is 1. The van der Waals surface area contributed by atoms with E-state index in [1.54, 1.807) is 16.7 Å². The van der Waals surface area contributed by atoms with Crippen LogP contribution in [-0.2, 0) is 24.3 Å².